The fraction of sp³-hybridized carbons (Fsp3) is 0.300. The Hall–Kier alpha value is -2.62. The van der Waals surface area contributed by atoms with Crippen molar-refractivity contribution in [2.75, 3.05) is 12.4 Å². The molecule has 0 aliphatic rings. The minimum absolute atomic E-state index is 0.0421. The maximum absolute atomic E-state index is 12.5. The van der Waals surface area contributed by atoms with Crippen LogP contribution in [-0.4, -0.2) is 19.0 Å². The first-order chi connectivity index (χ1) is 11.2. The number of anilines is 1. The van der Waals surface area contributed by atoms with Gasteiger partial charge in [0.25, 0.3) is 5.91 Å². The SMILES string of the molecule is COC(=O)c1ccc(C)c(NC(=O)c2ccc(C(C)(C)C)cc2)c1. The van der Waals surface area contributed by atoms with Crippen molar-refractivity contribution in [2.24, 2.45) is 0 Å². The lowest BCUT2D eigenvalue weighted by molar-refractivity contribution is 0.0600. The lowest BCUT2D eigenvalue weighted by atomic mass is 9.86. The lowest BCUT2D eigenvalue weighted by Gasteiger charge is -2.19. The van der Waals surface area contributed by atoms with Crippen LogP contribution >= 0.6 is 0 Å². The van der Waals surface area contributed by atoms with E-state index < -0.39 is 5.97 Å². The average Bonchev–Trinajstić information content (AvgIpc) is 2.55. The van der Waals surface area contributed by atoms with Crippen molar-refractivity contribution in [1.82, 2.24) is 0 Å². The standard InChI is InChI=1S/C20H23NO3/c1-13-6-7-15(19(23)24-5)12-17(13)21-18(22)14-8-10-16(11-9-14)20(2,3)4/h6-12H,1-5H3,(H,21,22). The number of esters is 1. The molecule has 126 valence electrons. The van der Waals surface area contributed by atoms with Gasteiger partial charge in [0, 0.05) is 11.3 Å². The first-order valence-corrected chi connectivity index (χ1v) is 7.83. The lowest BCUT2D eigenvalue weighted by Crippen LogP contribution is -2.15. The van der Waals surface area contributed by atoms with Crippen LogP contribution in [0, 0.1) is 6.92 Å². The summed E-state index contributed by atoms with van der Waals surface area (Å²) in [6.07, 6.45) is 0. The van der Waals surface area contributed by atoms with Gasteiger partial charge < -0.3 is 10.1 Å². The molecule has 2 aromatic rings. The molecule has 4 nitrogen and oxygen atoms in total. The van der Waals surface area contributed by atoms with E-state index in [0.717, 1.165) is 5.56 Å². The zero-order valence-electron chi connectivity index (χ0n) is 14.8. The van der Waals surface area contributed by atoms with Crippen molar-refractivity contribution in [3.63, 3.8) is 0 Å². The zero-order chi connectivity index (χ0) is 17.9. The largest absolute Gasteiger partial charge is 0.465 e. The zero-order valence-corrected chi connectivity index (χ0v) is 14.8. The number of aryl methyl sites for hydroxylation is 1. The quantitative estimate of drug-likeness (QED) is 0.855. The van der Waals surface area contributed by atoms with Gasteiger partial charge in [0.1, 0.15) is 0 Å². The van der Waals surface area contributed by atoms with Crippen LogP contribution in [0.1, 0.15) is 52.6 Å². The van der Waals surface area contributed by atoms with Gasteiger partial charge in [-0.15, -0.1) is 0 Å². The average molecular weight is 325 g/mol. The summed E-state index contributed by atoms with van der Waals surface area (Å²) < 4.78 is 4.71. The smallest absolute Gasteiger partial charge is 0.337 e. The normalized spacial score (nSPS) is 11.0. The van der Waals surface area contributed by atoms with Crippen LogP contribution in [0.5, 0.6) is 0 Å². The molecule has 0 aliphatic carbocycles. The number of nitrogens with one attached hydrogen (secondary N) is 1. The van der Waals surface area contributed by atoms with E-state index in [4.69, 9.17) is 4.74 Å². The maximum atomic E-state index is 12.5. The third-order valence-corrected chi connectivity index (χ3v) is 3.92. The molecule has 0 heterocycles. The molecule has 0 aromatic heterocycles. The number of methoxy groups -OCH3 is 1. The van der Waals surface area contributed by atoms with Crippen LogP contribution in [0.2, 0.25) is 0 Å². The summed E-state index contributed by atoms with van der Waals surface area (Å²) in [4.78, 5) is 24.1. The highest BCUT2D eigenvalue weighted by Gasteiger charge is 2.15. The predicted molar refractivity (Wildman–Crippen MR) is 95.6 cm³/mol. The molecule has 0 saturated carbocycles. The molecule has 0 bridgehead atoms. The van der Waals surface area contributed by atoms with Gasteiger partial charge in [-0.05, 0) is 47.7 Å². The first kappa shape index (κ1) is 17.7. The molecule has 1 N–H and O–H groups in total. The molecule has 24 heavy (non-hydrogen) atoms. The first-order valence-electron chi connectivity index (χ1n) is 7.83. The number of amides is 1. The molecule has 2 aromatic carbocycles. The van der Waals surface area contributed by atoms with Crippen LogP contribution in [0.15, 0.2) is 42.5 Å². The third-order valence-electron chi connectivity index (χ3n) is 3.92. The Morgan fingerprint density at radius 1 is 0.958 bits per heavy atom. The van der Waals surface area contributed by atoms with E-state index in [9.17, 15) is 9.59 Å². The molecule has 0 radical (unpaired) electrons. The molecular formula is C20H23NO3. The Kier molecular flexibility index (Phi) is 5.07. The maximum Gasteiger partial charge on any atom is 0.337 e. The van der Waals surface area contributed by atoms with E-state index in [2.05, 4.69) is 26.1 Å². The molecule has 0 unspecified atom stereocenters. The topological polar surface area (TPSA) is 55.4 Å². The van der Waals surface area contributed by atoms with E-state index in [0.29, 0.717) is 16.8 Å². The van der Waals surface area contributed by atoms with Crippen LogP contribution in [0.25, 0.3) is 0 Å². The van der Waals surface area contributed by atoms with Crippen molar-refractivity contribution in [3.8, 4) is 0 Å². The van der Waals surface area contributed by atoms with E-state index >= 15 is 0 Å². The summed E-state index contributed by atoms with van der Waals surface area (Å²) in [7, 11) is 1.33. The van der Waals surface area contributed by atoms with E-state index in [-0.39, 0.29) is 11.3 Å². The summed E-state index contributed by atoms with van der Waals surface area (Å²) >= 11 is 0. The van der Waals surface area contributed by atoms with Gasteiger partial charge in [0.15, 0.2) is 0 Å². The molecule has 0 fully saturated rings. The van der Waals surface area contributed by atoms with Gasteiger partial charge in [-0.1, -0.05) is 39.0 Å². The molecule has 4 heteroatoms. The van der Waals surface area contributed by atoms with Crippen molar-refractivity contribution in [3.05, 3.63) is 64.7 Å². The van der Waals surface area contributed by atoms with E-state index in [1.54, 1.807) is 18.2 Å². The highest BCUT2D eigenvalue weighted by molar-refractivity contribution is 6.05. The van der Waals surface area contributed by atoms with E-state index in [1.165, 1.54) is 12.7 Å². The predicted octanol–water partition coefficient (Wildman–Crippen LogP) is 4.33. The third kappa shape index (κ3) is 4.02. The van der Waals surface area contributed by atoms with Crippen LogP contribution in [0.4, 0.5) is 5.69 Å². The van der Waals surface area contributed by atoms with Gasteiger partial charge in [0.05, 0.1) is 12.7 Å². The summed E-state index contributed by atoms with van der Waals surface area (Å²) in [5, 5.41) is 2.86. The second-order valence-electron chi connectivity index (χ2n) is 6.80. The number of hydrogen-bond acceptors (Lipinski definition) is 3. The Morgan fingerprint density at radius 2 is 1.54 bits per heavy atom. The minimum Gasteiger partial charge on any atom is -0.465 e. The van der Waals surface area contributed by atoms with Gasteiger partial charge >= 0.3 is 5.97 Å². The van der Waals surface area contributed by atoms with Gasteiger partial charge in [-0.2, -0.15) is 0 Å². The van der Waals surface area contributed by atoms with Crippen LogP contribution in [0.3, 0.4) is 0 Å². The molecule has 1 amide bonds. The number of hydrogen-bond donors (Lipinski definition) is 1. The number of ether oxygens (including phenoxy) is 1. The number of rotatable bonds is 3. The highest BCUT2D eigenvalue weighted by atomic mass is 16.5. The molecule has 0 spiro atoms. The summed E-state index contributed by atoms with van der Waals surface area (Å²) in [6, 6.07) is 12.6. The summed E-state index contributed by atoms with van der Waals surface area (Å²) in [5.74, 6) is -0.638. The molecule has 0 saturated heterocycles. The summed E-state index contributed by atoms with van der Waals surface area (Å²) in [5.41, 5.74) is 3.67. The Balaban J connectivity index is 2.22. The summed E-state index contributed by atoms with van der Waals surface area (Å²) in [6.45, 7) is 8.26. The fourth-order valence-electron chi connectivity index (χ4n) is 2.32. The fourth-order valence-corrected chi connectivity index (χ4v) is 2.32. The van der Waals surface area contributed by atoms with Gasteiger partial charge in [-0.25, -0.2) is 4.79 Å². The Bertz CT molecular complexity index is 755. The van der Waals surface area contributed by atoms with E-state index in [1.807, 2.05) is 31.2 Å². The van der Waals surface area contributed by atoms with Crippen molar-refractivity contribution in [1.29, 1.82) is 0 Å². The van der Waals surface area contributed by atoms with Crippen LogP contribution in [-0.2, 0) is 10.2 Å². The highest BCUT2D eigenvalue weighted by Crippen LogP contribution is 2.23. The molecule has 0 atom stereocenters. The second-order valence-corrected chi connectivity index (χ2v) is 6.80. The molecule has 0 aliphatic heterocycles. The minimum atomic E-state index is -0.431. The van der Waals surface area contributed by atoms with Crippen molar-refractivity contribution >= 4 is 17.6 Å². The van der Waals surface area contributed by atoms with Crippen molar-refractivity contribution in [2.45, 2.75) is 33.1 Å². The number of benzene rings is 2. The number of carbonyl (C=O) groups is 2. The monoisotopic (exact) mass is 325 g/mol. The molecular weight excluding hydrogens is 302 g/mol. The second kappa shape index (κ2) is 6.87. The Labute approximate surface area is 142 Å². The molecule has 2 rings (SSSR count). The van der Waals surface area contributed by atoms with Crippen LogP contribution < -0.4 is 5.32 Å². The van der Waals surface area contributed by atoms with Gasteiger partial charge in [-0.3, -0.25) is 4.79 Å². The van der Waals surface area contributed by atoms with Gasteiger partial charge in [0.2, 0.25) is 0 Å². The Morgan fingerprint density at radius 3 is 2.08 bits per heavy atom. The van der Waals surface area contributed by atoms with Crippen molar-refractivity contribution < 1.29 is 14.3 Å². The number of carbonyl (C=O) groups excluding carboxylic acids is 2.